The molecule has 1 rings (SSSR count). The standard InChI is InChI=1S/C16H25NO4Si/c1-8-7-11(13(18)10(3)17-15(19)20)14(21-22)9(2)12(8)16(4,5)6/h7,10,17H,1-6,22H3,(H,19,20)/t10-/m0/s1. The van der Waals surface area contributed by atoms with Gasteiger partial charge in [-0.05, 0) is 48.9 Å². The van der Waals surface area contributed by atoms with Gasteiger partial charge in [-0.2, -0.15) is 0 Å². The Labute approximate surface area is 134 Å². The van der Waals surface area contributed by atoms with Crippen molar-refractivity contribution in [1.82, 2.24) is 5.32 Å². The third kappa shape index (κ3) is 3.68. The van der Waals surface area contributed by atoms with E-state index in [1.165, 1.54) is 6.92 Å². The van der Waals surface area contributed by atoms with Crippen LogP contribution in [0.25, 0.3) is 0 Å². The Morgan fingerprint density at radius 2 is 1.86 bits per heavy atom. The molecule has 0 bridgehead atoms. The summed E-state index contributed by atoms with van der Waals surface area (Å²) in [6.07, 6.45) is -1.21. The van der Waals surface area contributed by atoms with Gasteiger partial charge in [-0.25, -0.2) is 4.79 Å². The fourth-order valence-electron chi connectivity index (χ4n) is 3.05. The van der Waals surface area contributed by atoms with Crippen LogP contribution in [0.2, 0.25) is 0 Å². The highest BCUT2D eigenvalue weighted by molar-refractivity contribution is 6.06. The van der Waals surface area contributed by atoms with Crippen LogP contribution in [0.3, 0.4) is 0 Å². The maximum absolute atomic E-state index is 12.5. The SMILES string of the molecule is Cc1cc(C(=O)[C@H](C)NC(=O)O)c(O[SiH3])c(C)c1C(C)(C)C. The van der Waals surface area contributed by atoms with Crippen LogP contribution in [-0.4, -0.2) is 33.5 Å². The highest BCUT2D eigenvalue weighted by Gasteiger charge is 2.27. The lowest BCUT2D eigenvalue weighted by atomic mass is 9.79. The Balaban J connectivity index is 3.45. The van der Waals surface area contributed by atoms with Gasteiger partial charge in [-0.3, -0.25) is 4.79 Å². The van der Waals surface area contributed by atoms with Gasteiger partial charge in [-0.15, -0.1) is 0 Å². The van der Waals surface area contributed by atoms with E-state index in [-0.39, 0.29) is 11.2 Å². The molecule has 0 saturated heterocycles. The number of carbonyl (C=O) groups excluding carboxylic acids is 1. The van der Waals surface area contributed by atoms with Crippen LogP contribution in [0.4, 0.5) is 4.79 Å². The quantitative estimate of drug-likeness (QED) is 0.657. The summed E-state index contributed by atoms with van der Waals surface area (Å²) in [5.74, 6) is 0.297. The summed E-state index contributed by atoms with van der Waals surface area (Å²) in [6.45, 7) is 11.8. The summed E-state index contributed by atoms with van der Waals surface area (Å²) in [5, 5.41) is 11.0. The van der Waals surface area contributed by atoms with E-state index in [4.69, 9.17) is 9.53 Å². The Morgan fingerprint density at radius 1 is 1.32 bits per heavy atom. The van der Waals surface area contributed by atoms with E-state index in [9.17, 15) is 9.59 Å². The summed E-state index contributed by atoms with van der Waals surface area (Å²) in [5.41, 5.74) is 3.51. The smallest absolute Gasteiger partial charge is 0.405 e. The molecule has 0 saturated carbocycles. The maximum atomic E-state index is 12.5. The Hall–Kier alpha value is -1.82. The molecule has 0 aliphatic rings. The van der Waals surface area contributed by atoms with Crippen LogP contribution in [0.15, 0.2) is 6.07 Å². The molecule has 5 nitrogen and oxygen atoms in total. The second-order valence-electron chi connectivity index (χ2n) is 6.56. The lowest BCUT2D eigenvalue weighted by Crippen LogP contribution is -2.37. The minimum Gasteiger partial charge on any atom is -0.552 e. The van der Waals surface area contributed by atoms with Crippen molar-refractivity contribution in [3.05, 3.63) is 28.3 Å². The molecule has 1 atom stereocenters. The fraction of sp³-hybridized carbons (Fsp3) is 0.500. The predicted molar refractivity (Wildman–Crippen MR) is 90.1 cm³/mol. The van der Waals surface area contributed by atoms with Crippen molar-refractivity contribution in [3.63, 3.8) is 0 Å². The van der Waals surface area contributed by atoms with Crippen molar-refractivity contribution >= 4 is 22.4 Å². The minimum absolute atomic E-state index is 0.0600. The summed E-state index contributed by atoms with van der Waals surface area (Å²) < 4.78 is 5.59. The summed E-state index contributed by atoms with van der Waals surface area (Å²) in [7, 11) is 0.457. The van der Waals surface area contributed by atoms with E-state index in [1.54, 1.807) is 0 Å². The lowest BCUT2D eigenvalue weighted by molar-refractivity contribution is 0.0943. The number of ketones is 1. The molecule has 1 aromatic carbocycles. The van der Waals surface area contributed by atoms with Crippen LogP contribution in [0.5, 0.6) is 5.75 Å². The molecule has 122 valence electrons. The van der Waals surface area contributed by atoms with Crippen molar-refractivity contribution in [2.75, 3.05) is 0 Å². The first-order valence-electron chi connectivity index (χ1n) is 7.23. The maximum Gasteiger partial charge on any atom is 0.405 e. The molecule has 1 amide bonds. The van der Waals surface area contributed by atoms with Gasteiger partial charge >= 0.3 is 6.09 Å². The number of hydrogen-bond acceptors (Lipinski definition) is 3. The first-order valence-corrected chi connectivity index (χ1v) is 8.04. The van der Waals surface area contributed by atoms with E-state index in [1.807, 2.05) is 19.9 Å². The number of amides is 1. The summed E-state index contributed by atoms with van der Waals surface area (Å²) in [4.78, 5) is 23.3. The molecule has 0 aromatic heterocycles. The summed E-state index contributed by atoms with van der Waals surface area (Å²) in [6, 6.07) is 0.996. The first kappa shape index (κ1) is 18.2. The van der Waals surface area contributed by atoms with Gasteiger partial charge in [-0.1, -0.05) is 20.8 Å². The van der Waals surface area contributed by atoms with Crippen LogP contribution in [0.1, 0.15) is 54.7 Å². The number of rotatable bonds is 4. The number of hydrogen-bond donors (Lipinski definition) is 2. The molecule has 0 aliphatic carbocycles. The van der Waals surface area contributed by atoms with E-state index in [2.05, 4.69) is 26.1 Å². The van der Waals surface area contributed by atoms with Crippen LogP contribution < -0.4 is 9.74 Å². The van der Waals surface area contributed by atoms with Gasteiger partial charge in [0, 0.05) is 0 Å². The van der Waals surface area contributed by atoms with E-state index in [0.717, 1.165) is 16.7 Å². The van der Waals surface area contributed by atoms with Gasteiger partial charge in [0.25, 0.3) is 0 Å². The number of carbonyl (C=O) groups is 2. The van der Waals surface area contributed by atoms with Gasteiger partial charge in [0.2, 0.25) is 10.5 Å². The molecule has 0 aliphatic heterocycles. The van der Waals surface area contributed by atoms with E-state index >= 15 is 0 Å². The van der Waals surface area contributed by atoms with Crippen LogP contribution in [0, 0.1) is 13.8 Å². The van der Waals surface area contributed by atoms with Crippen LogP contribution in [-0.2, 0) is 5.41 Å². The largest absolute Gasteiger partial charge is 0.552 e. The zero-order valence-electron chi connectivity index (χ0n) is 14.3. The number of benzene rings is 1. The molecular weight excluding hydrogens is 298 g/mol. The molecule has 0 radical (unpaired) electrons. The monoisotopic (exact) mass is 323 g/mol. The molecule has 0 spiro atoms. The molecular formula is C16H25NO4Si. The zero-order chi connectivity index (χ0) is 17.2. The Bertz CT molecular complexity index is 605. The number of carboxylic acid groups (broad SMARTS) is 1. The average Bonchev–Trinajstić information content (AvgIpc) is 2.34. The molecule has 0 heterocycles. The highest BCUT2D eigenvalue weighted by atomic mass is 28.2. The van der Waals surface area contributed by atoms with Crippen LogP contribution >= 0.6 is 0 Å². The molecule has 1 aromatic rings. The second-order valence-corrected chi connectivity index (χ2v) is 6.97. The Morgan fingerprint density at radius 3 is 2.27 bits per heavy atom. The third-order valence-electron chi connectivity index (χ3n) is 3.67. The second kappa shape index (κ2) is 6.52. The first-order chi connectivity index (χ1) is 10.0. The highest BCUT2D eigenvalue weighted by Crippen LogP contribution is 2.36. The van der Waals surface area contributed by atoms with Crippen molar-refractivity contribution in [3.8, 4) is 5.75 Å². The van der Waals surface area contributed by atoms with E-state index in [0.29, 0.717) is 21.8 Å². The van der Waals surface area contributed by atoms with Gasteiger partial charge in [0.1, 0.15) is 5.75 Å². The van der Waals surface area contributed by atoms with Gasteiger partial charge < -0.3 is 14.8 Å². The predicted octanol–water partition coefficient (Wildman–Crippen LogP) is 2.10. The average molecular weight is 323 g/mol. The van der Waals surface area contributed by atoms with Crippen molar-refractivity contribution < 1.29 is 19.1 Å². The van der Waals surface area contributed by atoms with Gasteiger partial charge in [0.15, 0.2) is 5.78 Å². The summed E-state index contributed by atoms with van der Waals surface area (Å²) >= 11 is 0. The topological polar surface area (TPSA) is 75.6 Å². The van der Waals surface area contributed by atoms with Crippen molar-refractivity contribution in [1.29, 1.82) is 0 Å². The third-order valence-corrected chi connectivity index (χ3v) is 4.08. The normalized spacial score (nSPS) is 12.8. The molecule has 6 heteroatoms. The van der Waals surface area contributed by atoms with E-state index < -0.39 is 12.1 Å². The fourth-order valence-corrected chi connectivity index (χ4v) is 3.58. The lowest BCUT2D eigenvalue weighted by Gasteiger charge is -2.27. The number of aryl methyl sites for hydroxylation is 1. The Kier molecular flexibility index (Phi) is 5.40. The number of Topliss-reactive ketones (excluding diaryl/α,β-unsaturated/α-hetero) is 1. The molecule has 0 fully saturated rings. The molecule has 2 N–H and O–H groups in total. The number of nitrogens with one attached hydrogen (secondary N) is 1. The molecule has 22 heavy (non-hydrogen) atoms. The van der Waals surface area contributed by atoms with Crippen molar-refractivity contribution in [2.45, 2.75) is 53.0 Å². The van der Waals surface area contributed by atoms with Crippen molar-refractivity contribution in [2.24, 2.45) is 0 Å². The minimum atomic E-state index is -1.21. The zero-order valence-corrected chi connectivity index (χ0v) is 16.3. The molecule has 0 unspecified atom stereocenters. The van der Waals surface area contributed by atoms with Gasteiger partial charge in [0.05, 0.1) is 11.6 Å².